The average molecular weight is 408 g/mol. The fourth-order valence-electron chi connectivity index (χ4n) is 1.11. The predicted octanol–water partition coefficient (Wildman–Crippen LogP) is 4.74. The smallest absolute Gasteiger partial charge is 0.355 e. The van der Waals surface area contributed by atoms with Crippen LogP contribution in [0.5, 0.6) is 0 Å². The second-order valence-corrected chi connectivity index (χ2v) is 4.53. The Morgan fingerprint density at radius 2 is 1.16 bits per heavy atom. The SMILES string of the molecule is FC(F)C(F)(F)C(F)(F)COCOCCC(F)(F)C(F)(F)C(F)(F)F. The third kappa shape index (κ3) is 5.49. The molecule has 0 aliphatic rings. The summed E-state index contributed by atoms with van der Waals surface area (Å²) < 4.78 is 167. The molecule has 0 amide bonds. The van der Waals surface area contributed by atoms with Gasteiger partial charge in [-0.1, -0.05) is 0 Å². The van der Waals surface area contributed by atoms with Crippen LogP contribution < -0.4 is 0 Å². The molecule has 0 radical (unpaired) electrons. The number of halogens is 13. The highest BCUT2D eigenvalue weighted by Crippen LogP contribution is 2.48. The highest BCUT2D eigenvalue weighted by atomic mass is 19.4. The third-order valence-electron chi connectivity index (χ3n) is 2.59. The van der Waals surface area contributed by atoms with E-state index in [0.717, 1.165) is 0 Å². The van der Waals surface area contributed by atoms with Crippen molar-refractivity contribution in [1.82, 2.24) is 0 Å². The molecule has 0 spiro atoms. The molecule has 0 unspecified atom stereocenters. The molecule has 0 aliphatic carbocycles. The van der Waals surface area contributed by atoms with Crippen molar-refractivity contribution in [3.05, 3.63) is 0 Å². The number of ether oxygens (including phenoxy) is 2. The van der Waals surface area contributed by atoms with Crippen LogP contribution in [0.15, 0.2) is 0 Å². The molecule has 0 aliphatic heterocycles. The van der Waals surface area contributed by atoms with Gasteiger partial charge in [-0.15, -0.1) is 0 Å². The molecule has 15 heteroatoms. The van der Waals surface area contributed by atoms with Gasteiger partial charge < -0.3 is 9.47 Å². The molecule has 0 N–H and O–H groups in total. The van der Waals surface area contributed by atoms with Gasteiger partial charge in [0.1, 0.15) is 13.4 Å². The van der Waals surface area contributed by atoms with Gasteiger partial charge in [-0.25, -0.2) is 8.78 Å². The Kier molecular flexibility index (Phi) is 7.41. The molecule has 0 aromatic carbocycles. The lowest BCUT2D eigenvalue weighted by Gasteiger charge is -2.28. The number of alkyl halides is 13. The molecule has 2 nitrogen and oxygen atoms in total. The molecule has 25 heavy (non-hydrogen) atoms. The molecular weight excluding hydrogens is 399 g/mol. The Morgan fingerprint density at radius 1 is 0.680 bits per heavy atom. The number of rotatable bonds is 10. The molecule has 0 fully saturated rings. The van der Waals surface area contributed by atoms with Gasteiger partial charge in [-0.2, -0.15) is 48.3 Å². The monoisotopic (exact) mass is 408 g/mol. The first-order valence-corrected chi connectivity index (χ1v) is 5.92. The van der Waals surface area contributed by atoms with Crippen molar-refractivity contribution in [2.45, 2.75) is 42.7 Å². The largest absolute Gasteiger partial charge is 0.459 e. The van der Waals surface area contributed by atoms with Crippen LogP contribution in [-0.2, 0) is 9.47 Å². The van der Waals surface area contributed by atoms with Crippen LogP contribution in [0.1, 0.15) is 6.42 Å². The lowest BCUT2D eigenvalue weighted by atomic mass is 10.1. The van der Waals surface area contributed by atoms with Gasteiger partial charge in [0.05, 0.1) is 6.61 Å². The van der Waals surface area contributed by atoms with Crippen molar-refractivity contribution in [3.63, 3.8) is 0 Å². The lowest BCUT2D eigenvalue weighted by Crippen LogP contribution is -2.52. The highest BCUT2D eigenvalue weighted by Gasteiger charge is 2.72. The summed E-state index contributed by atoms with van der Waals surface area (Å²) in [5.41, 5.74) is 0. The second-order valence-electron chi connectivity index (χ2n) is 4.53. The van der Waals surface area contributed by atoms with Crippen LogP contribution in [0.4, 0.5) is 57.1 Å². The Balaban J connectivity index is 4.36. The minimum absolute atomic E-state index is 1.53. The molecule has 0 aromatic rings. The normalized spacial score (nSPS) is 15.1. The Labute approximate surface area is 130 Å². The van der Waals surface area contributed by atoms with E-state index in [9.17, 15) is 57.1 Å². The maximum Gasteiger partial charge on any atom is 0.459 e. The first-order valence-electron chi connectivity index (χ1n) is 5.92. The van der Waals surface area contributed by atoms with E-state index in [1.165, 1.54) is 0 Å². The number of hydrogen-bond donors (Lipinski definition) is 0. The molecule has 0 saturated carbocycles. The minimum Gasteiger partial charge on any atom is -0.355 e. The van der Waals surface area contributed by atoms with E-state index in [1.807, 2.05) is 0 Å². The van der Waals surface area contributed by atoms with Gasteiger partial charge in [0.2, 0.25) is 0 Å². The Hall–Kier alpha value is -0.990. The summed E-state index contributed by atoms with van der Waals surface area (Å²) in [4.78, 5) is 0. The quantitative estimate of drug-likeness (QED) is 0.296. The lowest BCUT2D eigenvalue weighted by molar-refractivity contribution is -0.357. The van der Waals surface area contributed by atoms with Crippen LogP contribution in [0.2, 0.25) is 0 Å². The summed E-state index contributed by atoms with van der Waals surface area (Å²) in [6.45, 7) is -5.43. The van der Waals surface area contributed by atoms with Crippen molar-refractivity contribution in [2.75, 3.05) is 20.0 Å². The van der Waals surface area contributed by atoms with Gasteiger partial charge in [0.15, 0.2) is 0 Å². The summed E-state index contributed by atoms with van der Waals surface area (Å²) in [5, 5.41) is 0. The van der Waals surface area contributed by atoms with E-state index in [1.54, 1.807) is 0 Å². The van der Waals surface area contributed by atoms with Crippen LogP contribution >= 0.6 is 0 Å². The molecule has 0 saturated heterocycles. The standard InChI is InChI=1S/C10H9F13O2/c11-5(12)8(17,18)7(15,16)3-25-4-24-2-1-6(13,14)9(19,20)10(21,22)23/h5H,1-4H2. The maximum atomic E-state index is 12.7. The molecule has 152 valence electrons. The van der Waals surface area contributed by atoms with E-state index >= 15 is 0 Å². The van der Waals surface area contributed by atoms with Crippen molar-refractivity contribution in [3.8, 4) is 0 Å². The summed E-state index contributed by atoms with van der Waals surface area (Å²) in [6.07, 6.45) is -13.5. The fourth-order valence-corrected chi connectivity index (χ4v) is 1.11. The minimum atomic E-state index is -6.57. The van der Waals surface area contributed by atoms with Crippen LogP contribution in [0, 0.1) is 0 Å². The Bertz CT molecular complexity index is 418. The van der Waals surface area contributed by atoms with E-state index in [-0.39, 0.29) is 0 Å². The van der Waals surface area contributed by atoms with Crippen molar-refractivity contribution < 1.29 is 66.5 Å². The maximum absolute atomic E-state index is 12.7. The second kappa shape index (κ2) is 7.72. The van der Waals surface area contributed by atoms with E-state index in [0.29, 0.717) is 0 Å². The van der Waals surface area contributed by atoms with E-state index in [4.69, 9.17) is 0 Å². The van der Waals surface area contributed by atoms with Crippen molar-refractivity contribution in [2.24, 2.45) is 0 Å². The zero-order chi connectivity index (χ0) is 20.3. The zero-order valence-corrected chi connectivity index (χ0v) is 11.6. The zero-order valence-electron chi connectivity index (χ0n) is 11.6. The van der Waals surface area contributed by atoms with Gasteiger partial charge in [-0.3, -0.25) is 0 Å². The molecule has 0 aromatic heterocycles. The molecular formula is C10H9F13O2. The first-order chi connectivity index (χ1) is 10.9. The summed E-state index contributed by atoms with van der Waals surface area (Å²) in [7, 11) is 0. The van der Waals surface area contributed by atoms with Crippen molar-refractivity contribution in [1.29, 1.82) is 0 Å². The van der Waals surface area contributed by atoms with Gasteiger partial charge >= 0.3 is 36.3 Å². The highest BCUT2D eigenvalue weighted by molar-refractivity contribution is 4.90. The Morgan fingerprint density at radius 3 is 1.56 bits per heavy atom. The molecule has 0 heterocycles. The number of hydrogen-bond acceptors (Lipinski definition) is 2. The average Bonchev–Trinajstić information content (AvgIpc) is 2.40. The summed E-state index contributed by atoms with van der Waals surface area (Å²) >= 11 is 0. The van der Waals surface area contributed by atoms with Gasteiger partial charge in [0, 0.05) is 6.42 Å². The van der Waals surface area contributed by atoms with E-state index < -0.39 is 62.7 Å². The van der Waals surface area contributed by atoms with Gasteiger partial charge in [-0.05, 0) is 0 Å². The summed E-state index contributed by atoms with van der Waals surface area (Å²) in [5.74, 6) is -23.2. The molecule has 0 atom stereocenters. The van der Waals surface area contributed by atoms with Crippen molar-refractivity contribution >= 4 is 0 Å². The van der Waals surface area contributed by atoms with Crippen LogP contribution in [0.25, 0.3) is 0 Å². The predicted molar refractivity (Wildman–Crippen MR) is 53.2 cm³/mol. The van der Waals surface area contributed by atoms with Crippen LogP contribution in [0.3, 0.4) is 0 Å². The molecule has 0 rings (SSSR count). The third-order valence-corrected chi connectivity index (χ3v) is 2.59. The first kappa shape index (κ1) is 24.0. The summed E-state index contributed by atoms with van der Waals surface area (Å²) in [6, 6.07) is 0. The molecule has 0 bridgehead atoms. The topological polar surface area (TPSA) is 18.5 Å². The van der Waals surface area contributed by atoms with Crippen LogP contribution in [-0.4, -0.2) is 56.3 Å². The van der Waals surface area contributed by atoms with Gasteiger partial charge in [0.25, 0.3) is 0 Å². The fraction of sp³-hybridized carbons (Fsp3) is 1.00. The van der Waals surface area contributed by atoms with E-state index in [2.05, 4.69) is 9.47 Å².